The number of hydrogen-bond donors (Lipinski definition) is 1. The maximum absolute atomic E-state index is 13.6. The van der Waals surface area contributed by atoms with Gasteiger partial charge in [0, 0.05) is 24.0 Å². The smallest absolute Gasteiger partial charge is 0.256 e. The lowest BCUT2D eigenvalue weighted by atomic mass is 9.96. The molecule has 8 heteroatoms. The average molecular weight is 547 g/mol. The molecule has 3 aromatic rings. The maximum atomic E-state index is 13.6. The van der Waals surface area contributed by atoms with Crippen LogP contribution in [0.25, 0.3) is 11.1 Å². The third kappa shape index (κ3) is 5.63. The Morgan fingerprint density at radius 1 is 1.13 bits per heavy atom. The van der Waals surface area contributed by atoms with Crippen molar-refractivity contribution in [1.29, 1.82) is 0 Å². The Hall–Kier alpha value is -3.10. The Morgan fingerprint density at radius 3 is 2.64 bits per heavy atom. The fourth-order valence-corrected chi connectivity index (χ4v) is 6.38. The van der Waals surface area contributed by atoms with Gasteiger partial charge in [-0.2, -0.15) is 0 Å². The molecule has 206 valence electrons. The van der Waals surface area contributed by atoms with Crippen LogP contribution in [-0.4, -0.2) is 34.4 Å². The van der Waals surface area contributed by atoms with Gasteiger partial charge < -0.3 is 9.26 Å². The van der Waals surface area contributed by atoms with Crippen molar-refractivity contribution in [3.05, 3.63) is 64.8 Å². The van der Waals surface area contributed by atoms with Crippen LogP contribution < -0.4 is 4.72 Å². The van der Waals surface area contributed by atoms with E-state index in [2.05, 4.69) is 47.1 Å². The predicted octanol–water partition coefficient (Wildman–Crippen LogP) is 7.47. The molecule has 0 bridgehead atoms. The van der Waals surface area contributed by atoms with Crippen molar-refractivity contribution >= 4 is 29.6 Å². The molecule has 2 aliphatic rings. The third-order valence-corrected chi connectivity index (χ3v) is 8.74. The molecule has 0 saturated heterocycles. The second kappa shape index (κ2) is 12.0. The molecule has 39 heavy (non-hydrogen) atoms. The van der Waals surface area contributed by atoms with Crippen LogP contribution in [0.5, 0.6) is 0 Å². The molecule has 1 spiro atoms. The predicted molar refractivity (Wildman–Crippen MR) is 157 cm³/mol. The Balaban J connectivity index is 1.41. The molecule has 2 heterocycles. The molecule has 1 saturated carbocycles. The molecule has 1 aromatic heterocycles. The molecule has 0 unspecified atom stereocenters. The number of carbonyl (C=O) groups excluding carboxylic acids is 1. The lowest BCUT2D eigenvalue weighted by Gasteiger charge is -2.23. The van der Waals surface area contributed by atoms with Crippen LogP contribution in [0.15, 0.2) is 56.9 Å². The second-order valence-electron chi connectivity index (χ2n) is 10.6. The van der Waals surface area contributed by atoms with Gasteiger partial charge in [0.25, 0.3) is 5.91 Å². The maximum Gasteiger partial charge on any atom is 0.256 e. The number of aliphatic imine (C=N–C) groups is 1. The van der Waals surface area contributed by atoms with Crippen molar-refractivity contribution in [1.82, 2.24) is 10.1 Å². The summed E-state index contributed by atoms with van der Waals surface area (Å²) in [4.78, 5) is 21.7. The monoisotopic (exact) mass is 546 g/mol. The number of unbranched alkanes of at least 4 members (excludes halogenated alkanes) is 1. The van der Waals surface area contributed by atoms with Crippen molar-refractivity contribution in [3.63, 3.8) is 0 Å². The molecule has 2 aromatic carbocycles. The van der Waals surface area contributed by atoms with Gasteiger partial charge in [-0.3, -0.25) is 19.4 Å². The van der Waals surface area contributed by atoms with E-state index in [4.69, 9.17) is 14.3 Å². The number of nitrogens with one attached hydrogen (secondary N) is 1. The first-order chi connectivity index (χ1) is 19.0. The van der Waals surface area contributed by atoms with Crippen molar-refractivity contribution in [3.8, 4) is 11.1 Å². The number of amides is 1. The number of amidine groups is 1. The van der Waals surface area contributed by atoms with Crippen molar-refractivity contribution in [2.75, 3.05) is 11.8 Å². The van der Waals surface area contributed by atoms with Gasteiger partial charge in [-0.05, 0) is 73.4 Å². The van der Waals surface area contributed by atoms with E-state index in [0.717, 1.165) is 89.2 Å². The fourth-order valence-electron chi connectivity index (χ4n) is 5.55. The van der Waals surface area contributed by atoms with Crippen LogP contribution in [0.4, 0.5) is 5.88 Å². The standard InChI is InChI=1S/C31H38N4O3S/c1-5-6-13-28-32-31(16-9-10-17-31)30(36)35(28)19-23-14-15-25(24(18-23)20-37-4)26-11-7-8-12-27(26)39-34-29-21(2)22(3)33-38-29/h7-8,11-12,14-15,18,34H,5-6,9-10,13,16-17,19-20H2,1-4H3. The van der Waals surface area contributed by atoms with Crippen molar-refractivity contribution in [2.45, 2.75) is 89.3 Å². The summed E-state index contributed by atoms with van der Waals surface area (Å²) in [6, 6.07) is 14.8. The molecule has 1 amide bonds. The number of methoxy groups -OCH3 is 1. The molecule has 5 rings (SSSR count). The van der Waals surface area contributed by atoms with Crippen LogP contribution in [0.1, 0.15) is 74.3 Å². The van der Waals surface area contributed by atoms with E-state index in [1.165, 1.54) is 11.9 Å². The van der Waals surface area contributed by atoms with Gasteiger partial charge in [-0.25, -0.2) is 0 Å². The van der Waals surface area contributed by atoms with Crippen LogP contribution in [0.3, 0.4) is 0 Å². The molecule has 1 aliphatic heterocycles. The highest BCUT2D eigenvalue weighted by Gasteiger charge is 2.49. The van der Waals surface area contributed by atoms with E-state index in [9.17, 15) is 4.79 Å². The zero-order chi connectivity index (χ0) is 27.4. The van der Waals surface area contributed by atoms with Crippen LogP contribution in [0.2, 0.25) is 0 Å². The fraction of sp³-hybridized carbons (Fsp3) is 0.452. The minimum atomic E-state index is -0.512. The van der Waals surface area contributed by atoms with E-state index >= 15 is 0 Å². The van der Waals surface area contributed by atoms with Gasteiger partial charge in [-0.15, -0.1) is 0 Å². The zero-order valence-electron chi connectivity index (χ0n) is 23.4. The number of carbonyl (C=O) groups is 1. The number of ether oxygens (including phenoxy) is 1. The molecular formula is C31H38N4O3S. The van der Waals surface area contributed by atoms with Crippen molar-refractivity contribution < 1.29 is 14.1 Å². The highest BCUT2D eigenvalue weighted by Crippen LogP contribution is 2.41. The summed E-state index contributed by atoms with van der Waals surface area (Å²) in [6.45, 7) is 7.13. The SMILES string of the molecule is CCCCC1=NC2(CCCC2)C(=O)N1Cc1ccc(-c2ccccc2SNc2onc(C)c2C)c(COC)c1. The molecule has 1 N–H and O–H groups in total. The zero-order valence-corrected chi connectivity index (χ0v) is 24.2. The number of anilines is 1. The molecule has 1 fully saturated rings. The van der Waals surface area contributed by atoms with E-state index in [0.29, 0.717) is 19.0 Å². The normalized spacial score (nSPS) is 16.4. The minimum absolute atomic E-state index is 0.189. The summed E-state index contributed by atoms with van der Waals surface area (Å²) in [5.74, 6) is 1.82. The Kier molecular flexibility index (Phi) is 8.43. The van der Waals surface area contributed by atoms with Gasteiger partial charge >= 0.3 is 0 Å². The molecular weight excluding hydrogens is 508 g/mol. The first-order valence-electron chi connectivity index (χ1n) is 13.9. The van der Waals surface area contributed by atoms with E-state index < -0.39 is 5.54 Å². The van der Waals surface area contributed by atoms with E-state index in [-0.39, 0.29) is 5.91 Å². The van der Waals surface area contributed by atoms with E-state index in [1.807, 2.05) is 30.9 Å². The molecule has 1 aliphatic carbocycles. The highest BCUT2D eigenvalue weighted by atomic mass is 32.2. The number of rotatable bonds is 11. The summed E-state index contributed by atoms with van der Waals surface area (Å²) in [5, 5.41) is 4.05. The van der Waals surface area contributed by atoms with Gasteiger partial charge in [0.15, 0.2) is 0 Å². The second-order valence-corrected chi connectivity index (χ2v) is 11.5. The average Bonchev–Trinajstić information content (AvgIpc) is 3.62. The molecule has 0 radical (unpaired) electrons. The Bertz CT molecular complexity index is 1360. The number of hydrogen-bond acceptors (Lipinski definition) is 7. The Labute approximate surface area is 235 Å². The third-order valence-electron chi connectivity index (χ3n) is 7.88. The highest BCUT2D eigenvalue weighted by molar-refractivity contribution is 8.00. The van der Waals surface area contributed by atoms with E-state index in [1.54, 1.807) is 7.11 Å². The topological polar surface area (TPSA) is 80.0 Å². The van der Waals surface area contributed by atoms with Crippen LogP contribution in [-0.2, 0) is 22.7 Å². The summed E-state index contributed by atoms with van der Waals surface area (Å²) in [5.41, 5.74) is 5.76. The van der Waals surface area contributed by atoms with Gasteiger partial charge in [0.1, 0.15) is 11.4 Å². The van der Waals surface area contributed by atoms with Crippen LogP contribution in [0, 0.1) is 13.8 Å². The molecule has 7 nitrogen and oxygen atoms in total. The number of benzene rings is 2. The largest absolute Gasteiger partial charge is 0.380 e. The van der Waals surface area contributed by atoms with Crippen LogP contribution >= 0.6 is 11.9 Å². The van der Waals surface area contributed by atoms with Crippen molar-refractivity contribution in [2.24, 2.45) is 4.99 Å². The minimum Gasteiger partial charge on any atom is -0.380 e. The quantitative estimate of drug-likeness (QED) is 0.251. The summed E-state index contributed by atoms with van der Waals surface area (Å²) in [6.07, 6.45) is 6.90. The Morgan fingerprint density at radius 2 is 1.92 bits per heavy atom. The summed E-state index contributed by atoms with van der Waals surface area (Å²) < 4.78 is 14.4. The van der Waals surface area contributed by atoms with Gasteiger partial charge in [0.05, 0.1) is 18.8 Å². The first kappa shape index (κ1) is 27.5. The lowest BCUT2D eigenvalue weighted by molar-refractivity contribution is -0.131. The van der Waals surface area contributed by atoms with Gasteiger partial charge in [0.2, 0.25) is 5.88 Å². The van der Waals surface area contributed by atoms with Gasteiger partial charge in [-0.1, -0.05) is 67.7 Å². The summed E-state index contributed by atoms with van der Waals surface area (Å²) in [7, 11) is 1.72. The lowest BCUT2D eigenvalue weighted by Crippen LogP contribution is -2.40. The summed E-state index contributed by atoms with van der Waals surface area (Å²) >= 11 is 1.51. The number of aromatic nitrogens is 1. The first-order valence-corrected chi connectivity index (χ1v) is 14.7. The number of aryl methyl sites for hydroxylation is 1. The number of nitrogens with zero attached hydrogens (tertiary/aromatic N) is 3. The molecule has 0 atom stereocenters.